The van der Waals surface area contributed by atoms with Gasteiger partial charge in [0.2, 0.25) is 0 Å². The largest absolute Gasteiger partial charge is 0.508 e. The fourth-order valence-electron chi connectivity index (χ4n) is 8.67. The zero-order chi connectivity index (χ0) is 75.3. The summed E-state index contributed by atoms with van der Waals surface area (Å²) < 4.78 is 8.57. The van der Waals surface area contributed by atoms with E-state index in [9.17, 15) is 103 Å². The van der Waals surface area contributed by atoms with Crippen LogP contribution in [0.2, 0.25) is 5.02 Å². The summed E-state index contributed by atoms with van der Waals surface area (Å²) in [5.74, 6) is -17.6. The number of nitrogens with zero attached hydrogens (tertiary/aromatic N) is 6. The maximum absolute atomic E-state index is 13.0. The Morgan fingerprint density at radius 2 is 0.747 bits per heavy atom. The van der Waals surface area contributed by atoms with Crippen molar-refractivity contribution in [3.05, 3.63) is 126 Å². The van der Waals surface area contributed by atoms with E-state index in [-0.39, 0.29) is 62.1 Å². The van der Waals surface area contributed by atoms with Crippen molar-refractivity contribution in [1.82, 2.24) is 9.80 Å². The number of phenols is 1. The number of aromatic hydroxyl groups is 1. The van der Waals surface area contributed by atoms with Gasteiger partial charge in [0.05, 0.1) is 33.0 Å². The van der Waals surface area contributed by atoms with Crippen LogP contribution in [0.3, 0.4) is 0 Å². The average Bonchev–Trinajstić information content (AvgIpc) is 0.743. The number of methoxy groups -OCH3 is 2. The number of phenolic OH excluding ortho intramolecular Hbond substituents is 1. The lowest BCUT2D eigenvalue weighted by Crippen LogP contribution is -2.71. The average molecular weight is 1420 g/mol. The van der Waals surface area contributed by atoms with E-state index in [1.165, 1.54) is 96.8 Å². The van der Waals surface area contributed by atoms with Crippen LogP contribution in [0.25, 0.3) is 0 Å². The molecule has 5 aromatic rings. The first kappa shape index (κ1) is 84.3. The smallest absolute Gasteiger partial charge is 0.385 e. The van der Waals surface area contributed by atoms with E-state index in [4.69, 9.17) is 61.9 Å². The van der Waals surface area contributed by atoms with Crippen molar-refractivity contribution in [1.29, 1.82) is 0 Å². The molecule has 38 nitrogen and oxygen atoms in total. The number of para-hydroxylation sites is 2. The standard InChI is InChI=1S/C25H27N3O13.C11H13NO5.C10H10ClNO4.C10H11NO5.C4H7NO4/c1-41-16-8-6-15(7-9-16)27(12-21(33)34)24(25(39)40)28(13-22(35)36,14-23(37)38)18-5-3-2-4-17(18)26(10-19(29)30)11-20(31)32;1-17-9-4-2-3-8(5-9)12(6-10(13)14)7-11(15)16;11-7-2-1-3-8(4-7)12(5-9(13)14)6-10(15)16;12-8-3-1-2-7(4-8)11(5-9(13)14)6-10(15)16;6-3(7)1-5-2-4(8)9/h2-9,24H,10-14H2,1H3,(H5-,29,30,31,32,33,34,35,36,37,38,39,40);2-5H,6-7H2,1H3,(H,13,14)(H,15,16);1-4H,5-6H2,(H,13,14)(H,15,16);1-4,12H,5-6H2,(H,13,14)(H,15,16);5H,1-2H2,(H,6,7)(H,8,9)/p+1. The SMILES string of the molecule is COc1ccc(N(CC(=O)O)C(C(=O)O)[N+](CC(=O)O)(CC(=O)O)c2ccccc2N(CC(=O)O)CC(=O)O)cc1.COc1cccc(N(CC(=O)O)CC(=O)O)c1.O=C(O)CN(CC(=O)O)c1cccc(Cl)c1.O=C(O)CN(CC(=O)O)c1cccc(O)c1.O=C(O)CNCC(=O)O. The second kappa shape index (κ2) is 42.6. The highest BCUT2D eigenvalue weighted by atomic mass is 35.5. The fraction of sp³-hybridized carbons (Fsp3) is 0.267. The van der Waals surface area contributed by atoms with Crippen molar-refractivity contribution in [2.75, 3.05) is 124 Å². The molecule has 0 aliphatic heterocycles. The lowest BCUT2D eigenvalue weighted by Gasteiger charge is -2.45. The number of hydrogen-bond acceptors (Lipinski definition) is 23. The molecule has 0 radical (unpaired) electrons. The zero-order valence-electron chi connectivity index (χ0n) is 52.1. The van der Waals surface area contributed by atoms with Gasteiger partial charge in [-0.1, -0.05) is 41.9 Å². The van der Waals surface area contributed by atoms with Crippen LogP contribution in [0.15, 0.2) is 121 Å². The van der Waals surface area contributed by atoms with Gasteiger partial charge >= 0.3 is 83.6 Å². The quantitative estimate of drug-likeness (QED) is 0.0196. The molecule has 0 heterocycles. The maximum Gasteiger partial charge on any atom is 0.385 e. The number of halogens is 1. The van der Waals surface area contributed by atoms with Crippen LogP contribution in [0.4, 0.5) is 34.1 Å². The number of quaternary nitrogens is 1. The number of anilines is 5. The molecule has 0 fully saturated rings. The molecular formula is C60H69ClN7O31+. The van der Waals surface area contributed by atoms with Gasteiger partial charge in [-0.15, -0.1) is 0 Å². The van der Waals surface area contributed by atoms with Crippen LogP contribution in [0.1, 0.15) is 0 Å². The second-order valence-electron chi connectivity index (χ2n) is 19.7. The summed E-state index contributed by atoms with van der Waals surface area (Å²) >= 11 is 5.74. The molecule has 0 bridgehead atoms. The third kappa shape index (κ3) is 32.8. The lowest BCUT2D eigenvalue weighted by molar-refractivity contribution is -0.150. The minimum Gasteiger partial charge on any atom is -0.508 e. The van der Waals surface area contributed by atoms with Gasteiger partial charge in [0.1, 0.15) is 76.2 Å². The molecule has 0 amide bonds. The highest BCUT2D eigenvalue weighted by Crippen LogP contribution is 2.39. The summed E-state index contributed by atoms with van der Waals surface area (Å²) in [6, 6.07) is 29.1. The van der Waals surface area contributed by atoms with Gasteiger partial charge in [0.25, 0.3) is 6.17 Å². The van der Waals surface area contributed by atoms with Gasteiger partial charge in [-0.3, -0.25) is 58.1 Å². The van der Waals surface area contributed by atoms with Gasteiger partial charge in [-0.25, -0.2) is 18.9 Å². The highest BCUT2D eigenvalue weighted by Gasteiger charge is 2.53. The molecule has 0 aliphatic rings. The highest BCUT2D eigenvalue weighted by molar-refractivity contribution is 6.30. The number of hydrogen-bond donors (Lipinski definition) is 16. The van der Waals surface area contributed by atoms with Crippen LogP contribution in [0.5, 0.6) is 17.2 Å². The number of carbonyl (C=O) groups is 14. The first-order chi connectivity index (χ1) is 46.3. The van der Waals surface area contributed by atoms with Crippen LogP contribution in [0, 0.1) is 0 Å². The number of ether oxygens (including phenoxy) is 2. The monoisotopic (exact) mass is 1420 g/mol. The first-order valence-electron chi connectivity index (χ1n) is 27.7. The summed E-state index contributed by atoms with van der Waals surface area (Å²) in [5, 5.41) is 139. The molecule has 39 heteroatoms. The molecule has 0 saturated carbocycles. The Balaban J connectivity index is 0.000000696. The third-order valence-corrected chi connectivity index (χ3v) is 12.4. The van der Waals surface area contributed by atoms with Gasteiger partial charge in [0.15, 0.2) is 18.8 Å². The number of rotatable bonds is 37. The van der Waals surface area contributed by atoms with Crippen LogP contribution in [-0.2, 0) is 67.1 Å². The van der Waals surface area contributed by atoms with Gasteiger partial charge in [0, 0.05) is 46.0 Å². The molecule has 1 unspecified atom stereocenters. The summed E-state index contributed by atoms with van der Waals surface area (Å²) in [7, 11) is 2.83. The first-order valence-corrected chi connectivity index (χ1v) is 28.0. The lowest BCUT2D eigenvalue weighted by atomic mass is 10.1. The van der Waals surface area contributed by atoms with E-state index in [1.807, 2.05) is 0 Å². The molecule has 536 valence electrons. The fourth-order valence-corrected chi connectivity index (χ4v) is 8.85. The van der Waals surface area contributed by atoms with Gasteiger partial charge < -0.3 is 111 Å². The summed E-state index contributed by atoms with van der Waals surface area (Å²) in [6.45, 7) is -8.38. The topological polar surface area (TPSA) is 589 Å². The maximum atomic E-state index is 13.0. The van der Waals surface area contributed by atoms with E-state index >= 15 is 0 Å². The van der Waals surface area contributed by atoms with Gasteiger partial charge in [-0.05, 0) is 72.8 Å². The van der Waals surface area contributed by atoms with Crippen LogP contribution in [-0.4, -0.2) is 266 Å². The Kier molecular flexibility index (Phi) is 36.3. The summed E-state index contributed by atoms with van der Waals surface area (Å²) in [6.07, 6.45) is -2.25. The molecule has 0 spiro atoms. The van der Waals surface area contributed by atoms with E-state index in [0.717, 1.165) is 20.8 Å². The van der Waals surface area contributed by atoms with E-state index < -0.39 is 140 Å². The Labute approximate surface area is 564 Å². The molecule has 16 N–H and O–H groups in total. The van der Waals surface area contributed by atoms with Crippen LogP contribution < -0.4 is 43.8 Å². The molecule has 1 atom stereocenters. The minimum absolute atomic E-state index is 0.0433. The van der Waals surface area contributed by atoms with E-state index in [2.05, 4.69) is 5.32 Å². The van der Waals surface area contributed by atoms with Crippen molar-refractivity contribution in [3.8, 4) is 17.2 Å². The Hall–Kier alpha value is -12.7. The normalized spacial score (nSPS) is 10.5. The van der Waals surface area contributed by atoms with E-state index in [0.29, 0.717) is 33.6 Å². The number of aliphatic carboxylic acids is 14. The Bertz CT molecular complexity index is 3460. The molecule has 0 saturated heterocycles. The predicted molar refractivity (Wildman–Crippen MR) is 343 cm³/mol. The number of nitrogens with one attached hydrogen (secondary N) is 1. The van der Waals surface area contributed by atoms with Crippen molar-refractivity contribution < 1.29 is 153 Å². The minimum atomic E-state index is -2.25. The second-order valence-corrected chi connectivity index (χ2v) is 20.2. The third-order valence-electron chi connectivity index (χ3n) is 12.2. The Morgan fingerprint density at radius 1 is 0.384 bits per heavy atom. The van der Waals surface area contributed by atoms with Crippen molar-refractivity contribution >= 4 is 129 Å². The van der Waals surface area contributed by atoms with Crippen molar-refractivity contribution in [2.45, 2.75) is 6.17 Å². The predicted octanol–water partition coefficient (Wildman–Crippen LogP) is 1.25. The molecular weight excluding hydrogens is 1350 g/mol. The number of benzene rings is 5. The molecule has 5 aromatic carbocycles. The van der Waals surface area contributed by atoms with Crippen molar-refractivity contribution in [2.24, 2.45) is 0 Å². The molecule has 5 rings (SSSR count). The van der Waals surface area contributed by atoms with E-state index in [1.54, 1.807) is 42.5 Å². The number of carboxylic acids is 14. The molecule has 0 aromatic heterocycles. The van der Waals surface area contributed by atoms with Crippen LogP contribution >= 0.6 is 11.6 Å². The van der Waals surface area contributed by atoms with Gasteiger partial charge in [-0.2, -0.15) is 0 Å². The van der Waals surface area contributed by atoms with Crippen molar-refractivity contribution in [3.63, 3.8) is 0 Å². The summed E-state index contributed by atoms with van der Waals surface area (Å²) in [5.41, 5.74) is 0.604. The molecule has 99 heavy (non-hydrogen) atoms. The summed E-state index contributed by atoms with van der Waals surface area (Å²) in [4.78, 5) is 161. The number of carboxylic acid groups (broad SMARTS) is 14. The Morgan fingerprint density at radius 3 is 1.10 bits per heavy atom. The zero-order valence-corrected chi connectivity index (χ0v) is 52.9. The molecule has 0 aliphatic carbocycles.